The highest BCUT2D eigenvalue weighted by Gasteiger charge is 2.28. The number of carbonyl (C=O) groups is 1. The third-order valence-corrected chi connectivity index (χ3v) is 4.14. The Balaban J connectivity index is 3.37. The summed E-state index contributed by atoms with van der Waals surface area (Å²) in [5.41, 5.74) is 0.466. The first kappa shape index (κ1) is 23.1. The molecular weight excluding hydrogens is 308 g/mol. The Hall–Kier alpha value is -0.910. The molecule has 5 heteroatoms. The van der Waals surface area contributed by atoms with Crippen molar-refractivity contribution in [2.75, 3.05) is 27.9 Å². The third kappa shape index (κ3) is 10.8. The first-order chi connectivity index (χ1) is 11.5. The van der Waals surface area contributed by atoms with Gasteiger partial charge in [-0.2, -0.15) is 0 Å². The lowest BCUT2D eigenvalue weighted by molar-refractivity contribution is -0.355. The first-order valence-corrected chi connectivity index (χ1v) is 8.99. The fraction of sp³-hybridized carbons (Fsp3) is 0.842. The molecule has 5 nitrogen and oxygen atoms in total. The van der Waals surface area contributed by atoms with Gasteiger partial charge < -0.3 is 18.9 Å². The van der Waals surface area contributed by atoms with Gasteiger partial charge in [0.25, 0.3) is 5.97 Å². The van der Waals surface area contributed by atoms with Crippen molar-refractivity contribution >= 4 is 5.97 Å². The number of ether oxygens (including phenoxy) is 4. The van der Waals surface area contributed by atoms with E-state index < -0.39 is 5.97 Å². The largest absolute Gasteiger partial charge is 0.462 e. The molecule has 0 amide bonds. The lowest BCUT2D eigenvalue weighted by Gasteiger charge is -2.28. The Morgan fingerprint density at radius 1 is 0.792 bits per heavy atom. The molecule has 0 atom stereocenters. The smallest absolute Gasteiger partial charge is 0.333 e. The van der Waals surface area contributed by atoms with Crippen molar-refractivity contribution < 1.29 is 23.7 Å². The molecule has 0 aliphatic rings. The molecular formula is C19H36O5. The van der Waals surface area contributed by atoms with E-state index in [1.165, 1.54) is 32.1 Å². The van der Waals surface area contributed by atoms with Crippen molar-refractivity contribution in [1.82, 2.24) is 0 Å². The second kappa shape index (κ2) is 14.4. The van der Waals surface area contributed by atoms with Crippen LogP contribution in [0.3, 0.4) is 0 Å². The second-order valence-electron chi connectivity index (χ2n) is 6.14. The fourth-order valence-corrected chi connectivity index (χ4v) is 2.53. The second-order valence-corrected chi connectivity index (χ2v) is 6.14. The van der Waals surface area contributed by atoms with Gasteiger partial charge in [0.2, 0.25) is 0 Å². The van der Waals surface area contributed by atoms with Gasteiger partial charge in [-0.1, -0.05) is 51.5 Å². The molecule has 0 fully saturated rings. The number of unbranched alkanes of at least 4 members (excludes halogenated alkanes) is 8. The Morgan fingerprint density at radius 3 is 1.62 bits per heavy atom. The van der Waals surface area contributed by atoms with Gasteiger partial charge >= 0.3 is 5.97 Å². The number of hydrogen-bond acceptors (Lipinski definition) is 5. The molecule has 0 heterocycles. The number of hydrogen-bond donors (Lipinski definition) is 0. The van der Waals surface area contributed by atoms with Gasteiger partial charge in [-0.25, -0.2) is 4.79 Å². The van der Waals surface area contributed by atoms with Crippen LogP contribution in [0.5, 0.6) is 0 Å². The van der Waals surface area contributed by atoms with Crippen LogP contribution in [-0.4, -0.2) is 39.9 Å². The minimum Gasteiger partial charge on any atom is -0.462 e. The Bertz CT molecular complexity index is 328. The Labute approximate surface area is 147 Å². The quantitative estimate of drug-likeness (QED) is 0.177. The van der Waals surface area contributed by atoms with Crippen LogP contribution in [0.1, 0.15) is 71.1 Å². The molecule has 0 aromatic heterocycles. The van der Waals surface area contributed by atoms with Gasteiger partial charge in [-0.15, -0.1) is 0 Å². The third-order valence-electron chi connectivity index (χ3n) is 4.14. The van der Waals surface area contributed by atoms with Crippen molar-refractivity contribution in [3.8, 4) is 0 Å². The summed E-state index contributed by atoms with van der Waals surface area (Å²) in [6, 6.07) is 0. The van der Waals surface area contributed by atoms with Gasteiger partial charge in [-0.05, 0) is 19.8 Å². The lowest BCUT2D eigenvalue weighted by atomic mass is 10.1. The van der Waals surface area contributed by atoms with E-state index in [0.29, 0.717) is 12.2 Å². The zero-order chi connectivity index (χ0) is 18.3. The van der Waals surface area contributed by atoms with Crippen LogP contribution in [0.25, 0.3) is 0 Å². The van der Waals surface area contributed by atoms with Crippen LogP contribution in [0.4, 0.5) is 0 Å². The molecule has 0 bridgehead atoms. The zero-order valence-electron chi connectivity index (χ0n) is 16.0. The molecule has 142 valence electrons. The lowest BCUT2D eigenvalue weighted by Crippen LogP contribution is -2.35. The molecule has 0 aliphatic heterocycles. The maximum absolute atomic E-state index is 11.2. The predicted molar refractivity (Wildman–Crippen MR) is 95.7 cm³/mol. The Kier molecular flexibility index (Phi) is 13.9. The number of rotatable bonds is 16. The SMILES string of the molecule is C=C(C)C(=O)OCCCCCCCCCCCC(OC)(OC)OC. The van der Waals surface area contributed by atoms with Gasteiger partial charge in [0, 0.05) is 33.3 Å². The average molecular weight is 344 g/mol. The minimum atomic E-state index is -0.881. The molecule has 0 aromatic rings. The van der Waals surface area contributed by atoms with Crippen LogP contribution < -0.4 is 0 Å². The molecule has 0 saturated heterocycles. The van der Waals surface area contributed by atoms with Crippen LogP contribution in [0, 0.1) is 0 Å². The molecule has 0 spiro atoms. The number of methoxy groups -OCH3 is 3. The molecule has 0 radical (unpaired) electrons. The van der Waals surface area contributed by atoms with E-state index in [4.69, 9.17) is 18.9 Å². The maximum Gasteiger partial charge on any atom is 0.333 e. The standard InChI is InChI=1S/C19H36O5/c1-17(2)18(20)24-16-14-12-10-8-6-7-9-11-13-15-19(21-3,22-4)23-5/h1,6-16H2,2-5H3. The Morgan fingerprint density at radius 2 is 1.21 bits per heavy atom. The van der Waals surface area contributed by atoms with Crippen LogP contribution in [-0.2, 0) is 23.7 Å². The summed E-state index contributed by atoms with van der Waals surface area (Å²) in [6.07, 6.45) is 11.2. The zero-order valence-corrected chi connectivity index (χ0v) is 16.0. The van der Waals surface area contributed by atoms with E-state index in [2.05, 4.69) is 6.58 Å². The monoisotopic (exact) mass is 344 g/mol. The first-order valence-electron chi connectivity index (χ1n) is 8.99. The minimum absolute atomic E-state index is 0.283. The normalized spacial score (nSPS) is 11.5. The van der Waals surface area contributed by atoms with Gasteiger partial charge in [0.1, 0.15) is 0 Å². The number of carbonyl (C=O) groups excluding carboxylic acids is 1. The molecule has 0 rings (SSSR count). The van der Waals surface area contributed by atoms with Gasteiger partial charge in [0.15, 0.2) is 0 Å². The number of esters is 1. The van der Waals surface area contributed by atoms with Crippen molar-refractivity contribution in [3.05, 3.63) is 12.2 Å². The van der Waals surface area contributed by atoms with Crippen molar-refractivity contribution in [2.24, 2.45) is 0 Å². The van der Waals surface area contributed by atoms with Gasteiger partial charge in [0.05, 0.1) is 6.61 Å². The average Bonchev–Trinajstić information content (AvgIpc) is 2.59. The summed E-state index contributed by atoms with van der Waals surface area (Å²) >= 11 is 0. The van der Waals surface area contributed by atoms with E-state index >= 15 is 0 Å². The van der Waals surface area contributed by atoms with Crippen LogP contribution in [0.15, 0.2) is 12.2 Å². The summed E-state index contributed by atoms with van der Waals surface area (Å²) in [7, 11) is 4.81. The highest BCUT2D eigenvalue weighted by atomic mass is 16.9. The van der Waals surface area contributed by atoms with Crippen molar-refractivity contribution in [3.63, 3.8) is 0 Å². The summed E-state index contributed by atoms with van der Waals surface area (Å²) < 4.78 is 20.9. The summed E-state index contributed by atoms with van der Waals surface area (Å²) in [5.74, 6) is -1.16. The summed E-state index contributed by atoms with van der Waals surface area (Å²) in [5, 5.41) is 0. The predicted octanol–water partition coefficient (Wildman–Crippen LogP) is 4.60. The topological polar surface area (TPSA) is 54.0 Å². The van der Waals surface area contributed by atoms with E-state index in [-0.39, 0.29) is 5.97 Å². The van der Waals surface area contributed by atoms with Crippen LogP contribution in [0.2, 0.25) is 0 Å². The van der Waals surface area contributed by atoms with Gasteiger partial charge in [-0.3, -0.25) is 0 Å². The molecule has 0 N–H and O–H groups in total. The maximum atomic E-state index is 11.2. The van der Waals surface area contributed by atoms with E-state index in [1.54, 1.807) is 28.3 Å². The molecule has 0 aliphatic carbocycles. The van der Waals surface area contributed by atoms with E-state index in [0.717, 1.165) is 32.1 Å². The molecule has 0 aromatic carbocycles. The molecule has 0 saturated carbocycles. The van der Waals surface area contributed by atoms with Crippen molar-refractivity contribution in [2.45, 2.75) is 77.1 Å². The highest BCUT2D eigenvalue weighted by Crippen LogP contribution is 2.21. The molecule has 24 heavy (non-hydrogen) atoms. The summed E-state index contributed by atoms with van der Waals surface area (Å²) in [4.78, 5) is 11.2. The van der Waals surface area contributed by atoms with E-state index in [1.807, 2.05) is 0 Å². The van der Waals surface area contributed by atoms with Crippen LogP contribution >= 0.6 is 0 Å². The van der Waals surface area contributed by atoms with Crippen molar-refractivity contribution in [1.29, 1.82) is 0 Å². The highest BCUT2D eigenvalue weighted by molar-refractivity contribution is 5.86. The van der Waals surface area contributed by atoms with E-state index in [9.17, 15) is 4.79 Å². The fourth-order valence-electron chi connectivity index (χ4n) is 2.53. The molecule has 0 unspecified atom stereocenters. The summed E-state index contributed by atoms with van der Waals surface area (Å²) in [6.45, 7) is 5.73.